The van der Waals surface area contributed by atoms with Gasteiger partial charge in [-0.1, -0.05) is 45.2 Å². The van der Waals surface area contributed by atoms with E-state index in [1.807, 2.05) is 0 Å². The zero-order valence-electron chi connectivity index (χ0n) is 12.8. The molecular weight excluding hydrogens is 442 g/mol. The van der Waals surface area contributed by atoms with Gasteiger partial charge in [0.2, 0.25) is 0 Å². The van der Waals surface area contributed by atoms with Crippen LogP contribution in [-0.2, 0) is 12.6 Å². The lowest BCUT2D eigenvalue weighted by molar-refractivity contribution is -0.137. The fourth-order valence-corrected chi connectivity index (χ4v) is 2.98. The zero-order valence-corrected chi connectivity index (χ0v) is 15.9. The molecule has 2 aromatic carbocycles. The Morgan fingerprint density at radius 3 is 2.36 bits per heavy atom. The summed E-state index contributed by atoms with van der Waals surface area (Å²) in [4.78, 5) is 12.2. The molecule has 1 N–H and O–H groups in total. The summed E-state index contributed by atoms with van der Waals surface area (Å²) in [5, 5.41) is 3.68. The standard InChI is InChI=1S/C17H13BrCl2F3NO/c18-7-1-2-10-3-5-12(9-14(10)19)24-16(25)13-6-4-11(8-15(13)20)17(21,22)23/h3-6,8-9H,1-2,7H2,(H,24,25). The van der Waals surface area contributed by atoms with E-state index in [1.54, 1.807) is 18.2 Å². The summed E-state index contributed by atoms with van der Waals surface area (Å²) in [5.74, 6) is -0.608. The van der Waals surface area contributed by atoms with Gasteiger partial charge in [0.25, 0.3) is 5.91 Å². The molecule has 2 aromatic rings. The largest absolute Gasteiger partial charge is 0.416 e. The fraction of sp³-hybridized carbons (Fsp3) is 0.235. The minimum atomic E-state index is -4.52. The van der Waals surface area contributed by atoms with Gasteiger partial charge in [0, 0.05) is 16.0 Å². The van der Waals surface area contributed by atoms with Gasteiger partial charge < -0.3 is 5.32 Å². The number of aryl methyl sites for hydroxylation is 1. The van der Waals surface area contributed by atoms with Gasteiger partial charge >= 0.3 is 6.18 Å². The van der Waals surface area contributed by atoms with Crippen molar-refractivity contribution in [2.45, 2.75) is 19.0 Å². The SMILES string of the molecule is O=C(Nc1ccc(CCCBr)c(Cl)c1)c1ccc(C(F)(F)F)cc1Cl. The number of nitrogens with one attached hydrogen (secondary N) is 1. The highest BCUT2D eigenvalue weighted by atomic mass is 79.9. The van der Waals surface area contributed by atoms with Crippen LogP contribution in [0, 0.1) is 0 Å². The van der Waals surface area contributed by atoms with E-state index in [9.17, 15) is 18.0 Å². The van der Waals surface area contributed by atoms with Crippen molar-refractivity contribution in [2.75, 3.05) is 10.6 Å². The van der Waals surface area contributed by atoms with Crippen molar-refractivity contribution >= 4 is 50.7 Å². The summed E-state index contributed by atoms with van der Waals surface area (Å²) in [6, 6.07) is 7.68. The molecule has 0 fully saturated rings. The smallest absolute Gasteiger partial charge is 0.322 e. The monoisotopic (exact) mass is 453 g/mol. The van der Waals surface area contributed by atoms with Crippen LogP contribution >= 0.6 is 39.1 Å². The van der Waals surface area contributed by atoms with Crippen molar-refractivity contribution < 1.29 is 18.0 Å². The summed E-state index contributed by atoms with van der Waals surface area (Å²) in [6.45, 7) is 0. The summed E-state index contributed by atoms with van der Waals surface area (Å²) >= 11 is 15.3. The van der Waals surface area contributed by atoms with Crippen LogP contribution in [0.15, 0.2) is 36.4 Å². The van der Waals surface area contributed by atoms with E-state index in [0.29, 0.717) is 10.7 Å². The number of rotatable bonds is 5. The maximum absolute atomic E-state index is 12.6. The van der Waals surface area contributed by atoms with Crippen molar-refractivity contribution in [1.82, 2.24) is 0 Å². The molecule has 0 radical (unpaired) electrons. The van der Waals surface area contributed by atoms with E-state index < -0.39 is 17.6 Å². The third kappa shape index (κ3) is 5.36. The predicted molar refractivity (Wildman–Crippen MR) is 98.0 cm³/mol. The Bertz CT molecular complexity index is 781. The molecule has 0 bridgehead atoms. The second-order valence-electron chi connectivity index (χ2n) is 5.25. The number of hydrogen-bond donors (Lipinski definition) is 1. The Balaban J connectivity index is 2.16. The quantitative estimate of drug-likeness (QED) is 0.507. The Morgan fingerprint density at radius 1 is 1.08 bits per heavy atom. The lowest BCUT2D eigenvalue weighted by Crippen LogP contribution is -2.14. The number of halogens is 6. The molecule has 25 heavy (non-hydrogen) atoms. The molecule has 0 aliphatic carbocycles. The van der Waals surface area contributed by atoms with Crippen LogP contribution in [0.5, 0.6) is 0 Å². The highest BCUT2D eigenvalue weighted by molar-refractivity contribution is 9.09. The van der Waals surface area contributed by atoms with Crippen LogP contribution in [0.1, 0.15) is 27.9 Å². The van der Waals surface area contributed by atoms with Crippen LogP contribution in [0.25, 0.3) is 0 Å². The molecule has 0 spiro atoms. The Morgan fingerprint density at radius 2 is 1.80 bits per heavy atom. The van der Waals surface area contributed by atoms with E-state index in [-0.39, 0.29) is 10.6 Å². The van der Waals surface area contributed by atoms with Crippen LogP contribution in [-0.4, -0.2) is 11.2 Å². The average molecular weight is 455 g/mol. The molecule has 0 aliphatic rings. The van der Waals surface area contributed by atoms with Crippen molar-refractivity contribution in [3.8, 4) is 0 Å². The molecule has 0 aliphatic heterocycles. The maximum Gasteiger partial charge on any atom is 0.416 e. The number of carbonyl (C=O) groups is 1. The molecule has 2 rings (SSSR count). The van der Waals surface area contributed by atoms with E-state index >= 15 is 0 Å². The van der Waals surface area contributed by atoms with Gasteiger partial charge in [0.05, 0.1) is 16.1 Å². The highest BCUT2D eigenvalue weighted by Crippen LogP contribution is 2.32. The molecule has 2 nitrogen and oxygen atoms in total. The normalized spacial score (nSPS) is 11.4. The van der Waals surface area contributed by atoms with E-state index in [0.717, 1.165) is 41.9 Å². The van der Waals surface area contributed by atoms with Gasteiger partial charge in [-0.05, 0) is 48.7 Å². The zero-order chi connectivity index (χ0) is 18.6. The molecule has 0 saturated carbocycles. The maximum atomic E-state index is 12.6. The fourth-order valence-electron chi connectivity index (χ4n) is 2.16. The summed E-state index contributed by atoms with van der Waals surface area (Å²) < 4.78 is 37.9. The molecule has 8 heteroatoms. The number of alkyl halides is 4. The molecule has 0 heterocycles. The minimum Gasteiger partial charge on any atom is -0.322 e. The number of anilines is 1. The van der Waals surface area contributed by atoms with Crippen LogP contribution in [0.3, 0.4) is 0 Å². The molecule has 1 amide bonds. The molecule has 0 atom stereocenters. The molecule has 0 saturated heterocycles. The topological polar surface area (TPSA) is 29.1 Å². The molecular formula is C17H13BrCl2F3NO. The Labute approximate surface area is 161 Å². The second kappa shape index (κ2) is 8.43. The first kappa shape index (κ1) is 20.1. The van der Waals surface area contributed by atoms with E-state index in [1.165, 1.54) is 0 Å². The first-order valence-corrected chi connectivity index (χ1v) is 9.12. The molecule has 0 unspecified atom stereocenters. The van der Waals surface area contributed by atoms with Gasteiger partial charge in [0.15, 0.2) is 0 Å². The van der Waals surface area contributed by atoms with Gasteiger partial charge in [-0.2, -0.15) is 13.2 Å². The Hall–Kier alpha value is -1.24. The average Bonchev–Trinajstić information content (AvgIpc) is 2.53. The van der Waals surface area contributed by atoms with Gasteiger partial charge in [-0.25, -0.2) is 0 Å². The molecule has 0 aromatic heterocycles. The third-order valence-corrected chi connectivity index (χ3v) is 4.66. The summed E-state index contributed by atoms with van der Waals surface area (Å²) in [7, 11) is 0. The van der Waals surface area contributed by atoms with Gasteiger partial charge in [0.1, 0.15) is 0 Å². The van der Waals surface area contributed by atoms with Crippen molar-refractivity contribution in [2.24, 2.45) is 0 Å². The number of amides is 1. The minimum absolute atomic E-state index is 0.0471. The highest BCUT2D eigenvalue weighted by Gasteiger charge is 2.31. The van der Waals surface area contributed by atoms with Crippen LogP contribution in [0.2, 0.25) is 10.0 Å². The first-order chi connectivity index (χ1) is 11.7. The molecule has 134 valence electrons. The lowest BCUT2D eigenvalue weighted by atomic mass is 10.1. The van der Waals surface area contributed by atoms with Crippen LogP contribution in [0.4, 0.5) is 18.9 Å². The lowest BCUT2D eigenvalue weighted by Gasteiger charge is -2.11. The number of carbonyl (C=O) groups excluding carboxylic acids is 1. The number of hydrogen-bond acceptors (Lipinski definition) is 1. The van der Waals surface area contributed by atoms with E-state index in [2.05, 4.69) is 21.2 Å². The summed E-state index contributed by atoms with van der Waals surface area (Å²) in [5.41, 5.74) is 0.433. The van der Waals surface area contributed by atoms with E-state index in [4.69, 9.17) is 23.2 Å². The van der Waals surface area contributed by atoms with Crippen molar-refractivity contribution in [1.29, 1.82) is 0 Å². The van der Waals surface area contributed by atoms with Gasteiger partial charge in [-0.15, -0.1) is 0 Å². The Kier molecular flexibility index (Phi) is 6.77. The predicted octanol–water partition coefficient (Wildman–Crippen LogP) is 6.59. The third-order valence-electron chi connectivity index (χ3n) is 3.43. The van der Waals surface area contributed by atoms with Crippen LogP contribution < -0.4 is 5.32 Å². The van der Waals surface area contributed by atoms with Crippen molar-refractivity contribution in [3.63, 3.8) is 0 Å². The number of benzene rings is 2. The van der Waals surface area contributed by atoms with Gasteiger partial charge in [-0.3, -0.25) is 4.79 Å². The first-order valence-electron chi connectivity index (χ1n) is 7.25. The van der Waals surface area contributed by atoms with Crippen molar-refractivity contribution in [3.05, 3.63) is 63.1 Å². The summed E-state index contributed by atoms with van der Waals surface area (Å²) in [6.07, 6.45) is -2.80. The second-order valence-corrected chi connectivity index (χ2v) is 6.85.